The molecule has 0 N–H and O–H groups in total. The number of nitrogens with zero attached hydrogens (tertiary/aromatic N) is 2. The molecule has 0 fully saturated rings. The van der Waals surface area contributed by atoms with Crippen LogP contribution in [0.15, 0.2) is 24.3 Å². The molecule has 0 aliphatic rings. The van der Waals surface area contributed by atoms with Crippen LogP contribution in [0.25, 0.3) is 0 Å². The maximum absolute atomic E-state index is 11.5. The number of esters is 1. The number of nitriles is 1. The summed E-state index contributed by atoms with van der Waals surface area (Å²) in [5.41, 5.74) is 0.991. The predicted molar refractivity (Wildman–Crippen MR) is 75.1 cm³/mol. The summed E-state index contributed by atoms with van der Waals surface area (Å²) < 4.78 is 4.85. The Labute approximate surface area is 118 Å². The predicted octanol–water partition coefficient (Wildman–Crippen LogP) is 2.87. The van der Waals surface area contributed by atoms with Gasteiger partial charge in [-0.2, -0.15) is 5.26 Å². The van der Waals surface area contributed by atoms with Crippen molar-refractivity contribution < 1.29 is 9.53 Å². The normalized spacial score (nSPS) is 11.5. The molecule has 0 radical (unpaired) electrons. The summed E-state index contributed by atoms with van der Waals surface area (Å²) in [6, 6.07) is 9.39. The van der Waals surface area contributed by atoms with E-state index in [4.69, 9.17) is 21.6 Å². The molecule has 0 aliphatic heterocycles. The number of carbonyl (C=O) groups is 1. The highest BCUT2D eigenvalue weighted by Gasteiger charge is 2.19. The van der Waals surface area contributed by atoms with Gasteiger partial charge in [0, 0.05) is 24.3 Å². The number of halogens is 1. The summed E-state index contributed by atoms with van der Waals surface area (Å²) in [5, 5.41) is 9.64. The maximum Gasteiger partial charge on any atom is 0.323 e. The van der Waals surface area contributed by atoms with Gasteiger partial charge in [-0.1, -0.05) is 11.6 Å². The molecule has 0 saturated heterocycles. The van der Waals surface area contributed by atoms with Gasteiger partial charge in [0.2, 0.25) is 0 Å². The van der Waals surface area contributed by atoms with Crippen LogP contribution in [0.4, 0.5) is 5.69 Å². The van der Waals surface area contributed by atoms with Gasteiger partial charge in [0.25, 0.3) is 0 Å². The van der Waals surface area contributed by atoms with E-state index in [1.807, 2.05) is 30.1 Å². The number of hydrogen-bond donors (Lipinski definition) is 0. The number of carbonyl (C=O) groups excluding carboxylic acids is 1. The van der Waals surface area contributed by atoms with Crippen molar-refractivity contribution in [1.82, 2.24) is 0 Å². The van der Waals surface area contributed by atoms with Crippen molar-refractivity contribution in [1.29, 1.82) is 5.26 Å². The van der Waals surface area contributed by atoms with E-state index in [0.717, 1.165) is 5.69 Å². The van der Waals surface area contributed by atoms with Crippen LogP contribution in [-0.4, -0.2) is 26.2 Å². The van der Waals surface area contributed by atoms with Gasteiger partial charge >= 0.3 is 5.97 Å². The molecular formula is C14H17ClN2O2. The molecule has 1 rings (SSSR count). The molecule has 1 aromatic rings. The second kappa shape index (κ2) is 7.65. The highest BCUT2D eigenvalue weighted by atomic mass is 35.5. The first kappa shape index (κ1) is 15.3. The monoisotopic (exact) mass is 280 g/mol. The number of hydrogen-bond acceptors (Lipinski definition) is 4. The summed E-state index contributed by atoms with van der Waals surface area (Å²) in [4.78, 5) is 13.5. The lowest BCUT2D eigenvalue weighted by Gasteiger charge is -2.20. The second-order valence-electron chi connectivity index (χ2n) is 4.12. The minimum absolute atomic E-state index is 0.296. The highest BCUT2D eigenvalue weighted by Crippen LogP contribution is 2.17. The lowest BCUT2D eigenvalue weighted by atomic mass is 10.1. The molecule has 0 aromatic heterocycles. The minimum atomic E-state index is -0.713. The molecular weight excluding hydrogens is 264 g/mol. The van der Waals surface area contributed by atoms with Gasteiger partial charge in [0.1, 0.15) is 5.92 Å². The van der Waals surface area contributed by atoms with Crippen molar-refractivity contribution in [3.8, 4) is 6.07 Å². The van der Waals surface area contributed by atoms with Crippen LogP contribution in [-0.2, 0) is 9.53 Å². The zero-order chi connectivity index (χ0) is 14.3. The Morgan fingerprint density at radius 3 is 2.63 bits per heavy atom. The third kappa shape index (κ3) is 4.80. The lowest BCUT2D eigenvalue weighted by molar-refractivity contribution is -0.146. The van der Waals surface area contributed by atoms with E-state index in [0.29, 0.717) is 24.6 Å². The smallest absolute Gasteiger partial charge is 0.323 e. The number of benzene rings is 1. The van der Waals surface area contributed by atoms with Crippen LogP contribution in [0.1, 0.15) is 13.3 Å². The Balaban J connectivity index is 2.53. The summed E-state index contributed by atoms with van der Waals surface area (Å²) in [7, 11) is 1.91. The molecule has 0 aliphatic carbocycles. The summed E-state index contributed by atoms with van der Waals surface area (Å²) in [6.45, 7) is 2.62. The summed E-state index contributed by atoms with van der Waals surface area (Å²) >= 11 is 5.82. The Hall–Kier alpha value is -1.73. The minimum Gasteiger partial charge on any atom is -0.465 e. The van der Waals surface area contributed by atoms with Gasteiger partial charge < -0.3 is 9.64 Å². The van der Waals surface area contributed by atoms with Gasteiger partial charge in [-0.25, -0.2) is 0 Å². The molecule has 0 bridgehead atoms. The topological polar surface area (TPSA) is 53.3 Å². The van der Waals surface area contributed by atoms with E-state index in [2.05, 4.69) is 0 Å². The van der Waals surface area contributed by atoms with Crippen LogP contribution in [0.3, 0.4) is 0 Å². The van der Waals surface area contributed by atoms with E-state index in [1.165, 1.54) is 0 Å². The van der Waals surface area contributed by atoms with E-state index in [9.17, 15) is 4.79 Å². The molecule has 5 heteroatoms. The molecule has 1 atom stereocenters. The van der Waals surface area contributed by atoms with Crippen LogP contribution in [0.5, 0.6) is 0 Å². The van der Waals surface area contributed by atoms with Gasteiger partial charge in [-0.3, -0.25) is 4.79 Å². The second-order valence-corrected chi connectivity index (χ2v) is 4.56. The van der Waals surface area contributed by atoms with Gasteiger partial charge in [0.15, 0.2) is 0 Å². The molecule has 1 unspecified atom stereocenters. The molecule has 0 heterocycles. The number of rotatable bonds is 6. The fraction of sp³-hybridized carbons (Fsp3) is 0.429. The van der Waals surface area contributed by atoms with E-state index >= 15 is 0 Å². The Morgan fingerprint density at radius 2 is 2.11 bits per heavy atom. The third-order valence-electron chi connectivity index (χ3n) is 2.75. The van der Waals surface area contributed by atoms with Crippen LogP contribution >= 0.6 is 11.6 Å². The molecule has 4 nitrogen and oxygen atoms in total. The van der Waals surface area contributed by atoms with Gasteiger partial charge in [0.05, 0.1) is 12.7 Å². The average Bonchev–Trinajstić information content (AvgIpc) is 2.40. The van der Waals surface area contributed by atoms with Gasteiger partial charge in [-0.15, -0.1) is 0 Å². The molecule has 0 spiro atoms. The fourth-order valence-corrected chi connectivity index (χ4v) is 1.75. The van der Waals surface area contributed by atoms with Crippen molar-refractivity contribution in [2.24, 2.45) is 5.92 Å². The van der Waals surface area contributed by atoms with Crippen molar-refractivity contribution in [3.63, 3.8) is 0 Å². The quantitative estimate of drug-likeness (QED) is 0.752. The first-order chi connectivity index (χ1) is 9.08. The molecule has 0 amide bonds. The Morgan fingerprint density at radius 1 is 1.47 bits per heavy atom. The summed E-state index contributed by atoms with van der Waals surface area (Å²) in [6.07, 6.45) is 0.439. The Kier molecular flexibility index (Phi) is 6.17. The zero-order valence-electron chi connectivity index (χ0n) is 11.1. The van der Waals surface area contributed by atoms with Crippen molar-refractivity contribution in [3.05, 3.63) is 29.3 Å². The van der Waals surface area contributed by atoms with E-state index in [-0.39, 0.29) is 0 Å². The third-order valence-corrected chi connectivity index (χ3v) is 3.00. The fourth-order valence-electron chi connectivity index (χ4n) is 1.63. The summed E-state index contributed by atoms with van der Waals surface area (Å²) in [5.74, 6) is -1.16. The van der Waals surface area contributed by atoms with Crippen molar-refractivity contribution in [2.75, 3.05) is 25.1 Å². The maximum atomic E-state index is 11.5. The van der Waals surface area contributed by atoms with Crippen LogP contribution < -0.4 is 4.90 Å². The largest absolute Gasteiger partial charge is 0.465 e. The lowest BCUT2D eigenvalue weighted by Crippen LogP contribution is -2.24. The molecule has 102 valence electrons. The standard InChI is InChI=1S/C14H17ClN2O2/c1-3-19-14(18)11(10-16)8-9-17(2)13-6-4-12(15)5-7-13/h4-7,11H,3,8-9H2,1-2H3. The molecule has 19 heavy (non-hydrogen) atoms. The molecule has 1 aromatic carbocycles. The van der Waals surface area contributed by atoms with E-state index in [1.54, 1.807) is 19.1 Å². The number of ether oxygens (including phenoxy) is 1. The van der Waals surface area contributed by atoms with Gasteiger partial charge in [-0.05, 0) is 37.6 Å². The first-order valence-electron chi connectivity index (χ1n) is 6.11. The van der Waals surface area contributed by atoms with Crippen LogP contribution in [0.2, 0.25) is 5.02 Å². The average molecular weight is 281 g/mol. The zero-order valence-corrected chi connectivity index (χ0v) is 11.9. The van der Waals surface area contributed by atoms with E-state index < -0.39 is 11.9 Å². The SMILES string of the molecule is CCOC(=O)C(C#N)CCN(C)c1ccc(Cl)cc1. The van der Waals surface area contributed by atoms with Crippen molar-refractivity contribution >= 4 is 23.3 Å². The molecule has 0 saturated carbocycles. The van der Waals surface area contributed by atoms with Crippen molar-refractivity contribution in [2.45, 2.75) is 13.3 Å². The Bertz CT molecular complexity index is 454. The highest BCUT2D eigenvalue weighted by molar-refractivity contribution is 6.30. The first-order valence-corrected chi connectivity index (χ1v) is 6.49. The van der Waals surface area contributed by atoms with Crippen LogP contribution in [0, 0.1) is 17.2 Å². The number of anilines is 1.